The van der Waals surface area contributed by atoms with Crippen molar-refractivity contribution in [2.45, 2.75) is 79.9 Å². The third-order valence-electron chi connectivity index (χ3n) is 4.65. The van der Waals surface area contributed by atoms with Gasteiger partial charge in [0.2, 0.25) is 12.2 Å². The van der Waals surface area contributed by atoms with Crippen LogP contribution in [0.15, 0.2) is 0 Å². The van der Waals surface area contributed by atoms with Gasteiger partial charge in [0, 0.05) is 0 Å². The summed E-state index contributed by atoms with van der Waals surface area (Å²) in [5.74, 6) is -6.43. The van der Waals surface area contributed by atoms with Gasteiger partial charge in [-0.25, -0.2) is 14.6 Å². The number of hydroxylamine groups is 2. The third-order valence-corrected chi connectivity index (χ3v) is 4.65. The fourth-order valence-electron chi connectivity index (χ4n) is 2.43. The molecule has 186 valence electrons. The van der Waals surface area contributed by atoms with E-state index in [0.29, 0.717) is 6.42 Å². The number of ether oxygens (including phenoxy) is 2. The quantitative estimate of drug-likeness (QED) is 0.210. The molecule has 0 aliphatic carbocycles. The lowest BCUT2D eigenvalue weighted by Crippen LogP contribution is -2.39. The largest absolute Gasteiger partial charge is 0.576 e. The lowest BCUT2D eigenvalue weighted by Gasteiger charge is -2.20. The first kappa shape index (κ1) is 27.9. The molecule has 0 N–H and O–H groups in total. The second-order valence-corrected chi connectivity index (χ2v) is 8.78. The van der Waals surface area contributed by atoms with Gasteiger partial charge in [-0.3, -0.25) is 24.0 Å². The topological polar surface area (TPSA) is 152 Å². The van der Waals surface area contributed by atoms with Gasteiger partial charge in [-0.1, -0.05) is 52.5 Å². The van der Waals surface area contributed by atoms with Crippen LogP contribution in [-0.2, 0) is 48.1 Å². The summed E-state index contributed by atoms with van der Waals surface area (Å²) in [6.45, 7) is 11.1. The van der Waals surface area contributed by atoms with E-state index in [1.807, 2.05) is 6.92 Å². The van der Waals surface area contributed by atoms with Crippen molar-refractivity contribution in [2.75, 3.05) is 0 Å². The molecule has 1 heterocycles. The molecule has 1 fully saturated rings. The smallest absolute Gasteiger partial charge is 0.447 e. The Hall–Kier alpha value is -3.18. The first-order valence-corrected chi connectivity index (χ1v) is 10.6. The second kappa shape index (κ2) is 11.6. The number of esters is 2. The normalized spacial score (nSPS) is 18.4. The Labute approximate surface area is 191 Å². The van der Waals surface area contributed by atoms with E-state index in [2.05, 4.69) is 14.6 Å². The Morgan fingerprint density at radius 1 is 0.879 bits per heavy atom. The van der Waals surface area contributed by atoms with Gasteiger partial charge in [0.15, 0.2) is 0 Å². The molecule has 0 bridgehead atoms. The Morgan fingerprint density at radius 3 is 1.73 bits per heavy atom. The number of nitrogens with zero attached hydrogens (tertiary/aromatic N) is 1. The summed E-state index contributed by atoms with van der Waals surface area (Å²) in [4.78, 5) is 86.4. The van der Waals surface area contributed by atoms with Crippen molar-refractivity contribution in [3.05, 3.63) is 0 Å². The molecular weight excluding hydrogens is 442 g/mol. The monoisotopic (exact) mass is 473 g/mol. The van der Waals surface area contributed by atoms with Crippen molar-refractivity contribution in [3.8, 4) is 0 Å². The van der Waals surface area contributed by atoms with Gasteiger partial charge in [-0.15, -0.1) is 0 Å². The molecule has 0 radical (unpaired) electrons. The third kappa shape index (κ3) is 7.43. The maximum absolute atomic E-state index is 12.6. The number of imide groups is 1. The standard InChI is InChI=1S/C21H31NO11/c1-8-9-10-21(6,7)19(27)32-33-20(28)31-22-15(23)13(29-17(25)11(2)3)14(16(22)24)30-18(26)12(4)5/h11-14H,8-10H2,1-7H3/t13-,14-/m0/s1. The number of carbonyl (C=O) groups excluding carboxylic acids is 6. The van der Waals surface area contributed by atoms with Crippen molar-refractivity contribution in [1.82, 2.24) is 5.06 Å². The van der Waals surface area contributed by atoms with E-state index in [0.717, 1.165) is 12.8 Å². The maximum Gasteiger partial charge on any atom is 0.576 e. The van der Waals surface area contributed by atoms with Crippen LogP contribution in [-0.4, -0.2) is 53.1 Å². The number of unbranched alkanes of at least 4 members (excludes halogenated alkanes) is 1. The van der Waals surface area contributed by atoms with Crippen LogP contribution >= 0.6 is 0 Å². The summed E-state index contributed by atoms with van der Waals surface area (Å²) in [5, 5.41) is -0.0606. The fourth-order valence-corrected chi connectivity index (χ4v) is 2.43. The van der Waals surface area contributed by atoms with Gasteiger partial charge in [-0.05, 0) is 20.3 Å². The first-order valence-electron chi connectivity index (χ1n) is 10.6. The van der Waals surface area contributed by atoms with Gasteiger partial charge in [0.25, 0.3) is 0 Å². The minimum atomic E-state index is -1.86. The minimum Gasteiger partial charge on any atom is -0.447 e. The van der Waals surface area contributed by atoms with Gasteiger partial charge in [-0.2, -0.15) is 4.79 Å². The summed E-state index contributed by atoms with van der Waals surface area (Å²) in [7, 11) is 0. The van der Waals surface area contributed by atoms with Crippen molar-refractivity contribution in [3.63, 3.8) is 0 Å². The zero-order valence-electron chi connectivity index (χ0n) is 19.9. The summed E-state index contributed by atoms with van der Waals surface area (Å²) < 4.78 is 9.99. The molecule has 1 aliphatic rings. The van der Waals surface area contributed by atoms with Crippen LogP contribution in [0.4, 0.5) is 4.79 Å². The van der Waals surface area contributed by atoms with Crippen molar-refractivity contribution < 1.29 is 52.9 Å². The molecule has 12 nitrogen and oxygen atoms in total. The predicted octanol–water partition coefficient (Wildman–Crippen LogP) is 2.23. The molecule has 2 amide bonds. The highest BCUT2D eigenvalue weighted by molar-refractivity contribution is 6.08. The summed E-state index contributed by atoms with van der Waals surface area (Å²) in [6.07, 6.45) is -3.39. The van der Waals surface area contributed by atoms with Crippen LogP contribution in [0.3, 0.4) is 0 Å². The van der Waals surface area contributed by atoms with E-state index in [1.165, 1.54) is 27.7 Å². The molecule has 33 heavy (non-hydrogen) atoms. The second-order valence-electron chi connectivity index (χ2n) is 8.78. The molecule has 0 aromatic carbocycles. The van der Waals surface area contributed by atoms with Crippen molar-refractivity contribution in [2.24, 2.45) is 17.3 Å². The van der Waals surface area contributed by atoms with E-state index in [-0.39, 0.29) is 5.06 Å². The molecule has 0 aromatic heterocycles. The molecule has 1 saturated heterocycles. The maximum atomic E-state index is 12.6. The highest BCUT2D eigenvalue weighted by atomic mass is 17.2. The average Bonchev–Trinajstić information content (AvgIpc) is 2.94. The number of carbonyl (C=O) groups is 6. The Kier molecular flexibility index (Phi) is 9.80. The Balaban J connectivity index is 2.90. The number of hydrogen-bond acceptors (Lipinski definition) is 11. The number of rotatable bonds is 9. The fraction of sp³-hybridized carbons (Fsp3) is 0.714. The van der Waals surface area contributed by atoms with E-state index < -0.39 is 65.3 Å². The van der Waals surface area contributed by atoms with E-state index in [4.69, 9.17) is 9.47 Å². The van der Waals surface area contributed by atoms with Crippen LogP contribution in [0.2, 0.25) is 0 Å². The summed E-state index contributed by atoms with van der Waals surface area (Å²) >= 11 is 0. The van der Waals surface area contributed by atoms with E-state index in [1.54, 1.807) is 13.8 Å². The molecule has 1 rings (SSSR count). The highest BCUT2D eigenvalue weighted by Gasteiger charge is 2.56. The lowest BCUT2D eigenvalue weighted by atomic mass is 9.87. The van der Waals surface area contributed by atoms with Gasteiger partial charge >= 0.3 is 35.9 Å². The SMILES string of the molecule is CCCCC(C)(C)C(=O)OOC(=O)ON1C(=O)[C@@H](OC(=O)C(C)C)[C@H](OC(=O)C(C)C)C1=O. The van der Waals surface area contributed by atoms with Gasteiger partial charge in [0.1, 0.15) is 0 Å². The average molecular weight is 473 g/mol. The van der Waals surface area contributed by atoms with Gasteiger partial charge < -0.3 is 9.47 Å². The molecule has 0 saturated carbocycles. The van der Waals surface area contributed by atoms with Crippen molar-refractivity contribution >= 4 is 35.9 Å². The van der Waals surface area contributed by atoms with Crippen LogP contribution < -0.4 is 0 Å². The van der Waals surface area contributed by atoms with E-state index >= 15 is 0 Å². The number of amides is 2. The van der Waals surface area contributed by atoms with Crippen LogP contribution in [0, 0.1) is 17.3 Å². The van der Waals surface area contributed by atoms with Gasteiger partial charge in [0.05, 0.1) is 17.3 Å². The van der Waals surface area contributed by atoms with Crippen LogP contribution in [0.1, 0.15) is 67.7 Å². The zero-order valence-corrected chi connectivity index (χ0v) is 19.9. The summed E-state index contributed by atoms with van der Waals surface area (Å²) in [5.41, 5.74) is -0.956. The molecular formula is C21H31NO11. The molecule has 12 heteroatoms. The first-order chi connectivity index (χ1) is 15.2. The molecule has 0 aromatic rings. The molecule has 0 unspecified atom stereocenters. The molecule has 0 spiro atoms. The lowest BCUT2D eigenvalue weighted by molar-refractivity contribution is -0.264. The zero-order chi connectivity index (χ0) is 25.5. The van der Waals surface area contributed by atoms with Crippen molar-refractivity contribution in [1.29, 1.82) is 0 Å². The highest BCUT2D eigenvalue weighted by Crippen LogP contribution is 2.26. The minimum absolute atomic E-state index is 0.0606. The summed E-state index contributed by atoms with van der Waals surface area (Å²) in [6, 6.07) is 0. The van der Waals surface area contributed by atoms with E-state index in [9.17, 15) is 28.8 Å². The van der Waals surface area contributed by atoms with Crippen LogP contribution in [0.25, 0.3) is 0 Å². The Morgan fingerprint density at radius 2 is 1.33 bits per heavy atom. The predicted molar refractivity (Wildman–Crippen MR) is 108 cm³/mol. The molecule has 1 aliphatic heterocycles. The number of hydrogen-bond donors (Lipinski definition) is 0. The Bertz CT molecular complexity index is 747. The molecule has 2 atom stereocenters. The van der Waals surface area contributed by atoms with Crippen LogP contribution in [0.5, 0.6) is 0 Å².